The molecule has 0 saturated heterocycles. The molecule has 118 valence electrons. The minimum Gasteiger partial charge on any atom is -0.374 e. The highest BCUT2D eigenvalue weighted by atomic mass is 16.5. The van der Waals surface area contributed by atoms with E-state index >= 15 is 0 Å². The highest BCUT2D eigenvalue weighted by Crippen LogP contribution is 2.47. The van der Waals surface area contributed by atoms with Gasteiger partial charge in [0.25, 0.3) is 0 Å². The van der Waals surface area contributed by atoms with Crippen molar-refractivity contribution in [2.24, 2.45) is 17.3 Å². The van der Waals surface area contributed by atoms with E-state index in [2.05, 4.69) is 39.9 Å². The van der Waals surface area contributed by atoms with Crippen LogP contribution in [0, 0.1) is 17.3 Å². The van der Waals surface area contributed by atoms with Gasteiger partial charge in [0.2, 0.25) is 0 Å². The van der Waals surface area contributed by atoms with Crippen LogP contribution in [-0.2, 0) is 4.74 Å². The van der Waals surface area contributed by atoms with E-state index in [1.807, 2.05) is 0 Å². The Hall–Kier alpha value is -0.0800. The van der Waals surface area contributed by atoms with Gasteiger partial charge in [-0.15, -0.1) is 0 Å². The Morgan fingerprint density at radius 1 is 1.05 bits per heavy atom. The van der Waals surface area contributed by atoms with E-state index in [4.69, 9.17) is 4.74 Å². The van der Waals surface area contributed by atoms with Crippen LogP contribution < -0.4 is 5.32 Å². The summed E-state index contributed by atoms with van der Waals surface area (Å²) >= 11 is 0. The number of rotatable bonds is 6. The number of hydrogen-bond acceptors (Lipinski definition) is 2. The van der Waals surface area contributed by atoms with Gasteiger partial charge < -0.3 is 10.1 Å². The Labute approximate surface area is 126 Å². The van der Waals surface area contributed by atoms with Crippen molar-refractivity contribution in [1.82, 2.24) is 5.32 Å². The summed E-state index contributed by atoms with van der Waals surface area (Å²) < 4.78 is 6.54. The number of ether oxygens (including phenoxy) is 1. The maximum absolute atomic E-state index is 6.54. The molecule has 2 rings (SSSR count). The zero-order valence-electron chi connectivity index (χ0n) is 14.2. The van der Waals surface area contributed by atoms with Gasteiger partial charge >= 0.3 is 0 Å². The summed E-state index contributed by atoms with van der Waals surface area (Å²) in [4.78, 5) is 0. The van der Waals surface area contributed by atoms with E-state index < -0.39 is 0 Å². The molecule has 0 aromatic carbocycles. The van der Waals surface area contributed by atoms with Gasteiger partial charge in [-0.1, -0.05) is 34.6 Å². The van der Waals surface area contributed by atoms with Gasteiger partial charge in [-0.25, -0.2) is 0 Å². The van der Waals surface area contributed by atoms with E-state index in [0.29, 0.717) is 23.7 Å². The molecule has 20 heavy (non-hydrogen) atoms. The predicted octanol–water partition coefficient (Wildman–Crippen LogP) is 4.38. The van der Waals surface area contributed by atoms with Crippen molar-refractivity contribution in [3.63, 3.8) is 0 Å². The molecule has 1 N–H and O–H groups in total. The molecule has 2 aliphatic rings. The summed E-state index contributed by atoms with van der Waals surface area (Å²) in [7, 11) is 0. The lowest BCUT2D eigenvalue weighted by Gasteiger charge is -2.55. The second-order valence-corrected chi connectivity index (χ2v) is 7.77. The van der Waals surface area contributed by atoms with E-state index in [0.717, 1.165) is 18.4 Å². The lowest BCUT2D eigenvalue weighted by molar-refractivity contribution is -0.169. The predicted molar refractivity (Wildman–Crippen MR) is 85.9 cm³/mol. The van der Waals surface area contributed by atoms with Gasteiger partial charge in [0.1, 0.15) is 0 Å². The first-order valence-corrected chi connectivity index (χ1v) is 8.88. The topological polar surface area (TPSA) is 21.3 Å². The quantitative estimate of drug-likeness (QED) is 0.780. The summed E-state index contributed by atoms with van der Waals surface area (Å²) in [6.07, 6.45) is 8.57. The first-order chi connectivity index (χ1) is 9.49. The van der Waals surface area contributed by atoms with Gasteiger partial charge in [-0.05, 0) is 56.9 Å². The van der Waals surface area contributed by atoms with Crippen molar-refractivity contribution in [3.05, 3.63) is 0 Å². The van der Waals surface area contributed by atoms with E-state index in [1.54, 1.807) is 0 Å². The lowest BCUT2D eigenvalue weighted by Crippen LogP contribution is -2.63. The minimum atomic E-state index is 0.346. The molecular weight excluding hydrogens is 246 g/mol. The van der Waals surface area contributed by atoms with Crippen molar-refractivity contribution in [2.45, 2.75) is 91.4 Å². The van der Waals surface area contributed by atoms with Crippen LogP contribution in [0.25, 0.3) is 0 Å². The molecule has 5 unspecified atom stereocenters. The van der Waals surface area contributed by atoms with Gasteiger partial charge in [-0.3, -0.25) is 0 Å². The van der Waals surface area contributed by atoms with Crippen LogP contribution in [-0.4, -0.2) is 24.8 Å². The van der Waals surface area contributed by atoms with Crippen molar-refractivity contribution >= 4 is 0 Å². The van der Waals surface area contributed by atoms with Crippen LogP contribution in [0.5, 0.6) is 0 Å². The highest BCUT2D eigenvalue weighted by molar-refractivity contribution is 5.05. The average Bonchev–Trinajstić information content (AvgIpc) is 2.40. The molecule has 2 fully saturated rings. The van der Waals surface area contributed by atoms with Crippen LogP contribution in [0.15, 0.2) is 0 Å². The second kappa shape index (κ2) is 6.79. The Morgan fingerprint density at radius 3 is 2.25 bits per heavy atom. The monoisotopic (exact) mass is 281 g/mol. The van der Waals surface area contributed by atoms with Crippen LogP contribution in [0.1, 0.15) is 73.1 Å². The maximum Gasteiger partial charge on any atom is 0.0662 e. The third kappa shape index (κ3) is 3.39. The molecule has 0 aromatic heterocycles. The molecule has 2 nitrogen and oxygen atoms in total. The molecule has 0 spiro atoms. The molecular formula is C18H35NO. The zero-order chi connectivity index (χ0) is 14.8. The fraction of sp³-hybridized carbons (Fsp3) is 1.00. The Morgan fingerprint density at radius 2 is 1.70 bits per heavy atom. The third-order valence-electron chi connectivity index (χ3n) is 5.88. The van der Waals surface area contributed by atoms with Crippen LogP contribution in [0.4, 0.5) is 0 Å². The van der Waals surface area contributed by atoms with Crippen molar-refractivity contribution in [3.8, 4) is 0 Å². The third-order valence-corrected chi connectivity index (χ3v) is 5.88. The van der Waals surface area contributed by atoms with Crippen LogP contribution in [0.2, 0.25) is 0 Å². The number of hydrogen-bond donors (Lipinski definition) is 1. The molecule has 2 aliphatic carbocycles. The van der Waals surface area contributed by atoms with Crippen LogP contribution >= 0.6 is 0 Å². The summed E-state index contributed by atoms with van der Waals surface area (Å²) in [6, 6.07) is 0.663. The standard InChI is InChI=1S/C18H35NO/c1-6-8-19-16-12-17(18(16,5)7-2)20-15-10-13(3)9-14(4)11-15/h13-17,19H,6-12H2,1-5H3. The van der Waals surface area contributed by atoms with E-state index in [-0.39, 0.29) is 0 Å². The highest BCUT2D eigenvalue weighted by Gasteiger charge is 2.51. The van der Waals surface area contributed by atoms with Crippen LogP contribution in [0.3, 0.4) is 0 Å². The lowest BCUT2D eigenvalue weighted by atomic mass is 9.61. The molecule has 0 radical (unpaired) electrons. The Kier molecular flexibility index (Phi) is 5.53. The molecule has 0 amide bonds. The SMILES string of the molecule is CCCNC1CC(OC2CC(C)CC(C)C2)C1(C)CC. The minimum absolute atomic E-state index is 0.346. The fourth-order valence-corrected chi connectivity index (χ4v) is 4.35. The smallest absolute Gasteiger partial charge is 0.0662 e. The van der Waals surface area contributed by atoms with Crippen molar-refractivity contribution < 1.29 is 4.74 Å². The second-order valence-electron chi connectivity index (χ2n) is 7.77. The van der Waals surface area contributed by atoms with Crippen molar-refractivity contribution in [2.75, 3.05) is 6.54 Å². The van der Waals surface area contributed by atoms with E-state index in [1.165, 1.54) is 38.5 Å². The zero-order valence-corrected chi connectivity index (χ0v) is 14.2. The van der Waals surface area contributed by atoms with E-state index in [9.17, 15) is 0 Å². The first kappa shape index (κ1) is 16.3. The maximum atomic E-state index is 6.54. The van der Waals surface area contributed by atoms with Gasteiger partial charge in [0.15, 0.2) is 0 Å². The molecule has 2 heteroatoms. The molecule has 0 aliphatic heterocycles. The molecule has 0 bridgehead atoms. The fourth-order valence-electron chi connectivity index (χ4n) is 4.35. The first-order valence-electron chi connectivity index (χ1n) is 8.88. The van der Waals surface area contributed by atoms with Gasteiger partial charge in [0, 0.05) is 11.5 Å². The summed E-state index contributed by atoms with van der Waals surface area (Å²) in [5, 5.41) is 3.72. The van der Waals surface area contributed by atoms with Gasteiger partial charge in [0.05, 0.1) is 12.2 Å². The molecule has 0 heterocycles. The Bertz CT molecular complexity index is 296. The largest absolute Gasteiger partial charge is 0.374 e. The molecule has 0 aromatic rings. The number of nitrogens with one attached hydrogen (secondary N) is 1. The Balaban J connectivity index is 1.87. The summed E-state index contributed by atoms with van der Waals surface area (Å²) in [6.45, 7) is 12.9. The van der Waals surface area contributed by atoms with Gasteiger partial charge in [-0.2, -0.15) is 0 Å². The van der Waals surface area contributed by atoms with Crippen molar-refractivity contribution in [1.29, 1.82) is 0 Å². The normalized spacial score (nSPS) is 45.1. The summed E-state index contributed by atoms with van der Waals surface area (Å²) in [5.74, 6) is 1.68. The molecule has 5 atom stereocenters. The average molecular weight is 281 g/mol. The summed E-state index contributed by atoms with van der Waals surface area (Å²) in [5.41, 5.74) is 0.346. The molecule has 2 saturated carbocycles.